The Balaban J connectivity index is 2.00. The van der Waals surface area contributed by atoms with Crippen LogP contribution in [0.15, 0.2) is 18.2 Å². The minimum atomic E-state index is 0.137. The molecule has 0 aliphatic heterocycles. The van der Waals surface area contributed by atoms with Crippen molar-refractivity contribution < 1.29 is 4.74 Å². The Morgan fingerprint density at radius 2 is 2.11 bits per heavy atom. The van der Waals surface area contributed by atoms with Crippen LogP contribution in [0.25, 0.3) is 0 Å². The Hall–Kier alpha value is -0.730. The minimum Gasteiger partial charge on any atom is -0.495 e. The van der Waals surface area contributed by atoms with Gasteiger partial charge in [0.05, 0.1) is 12.1 Å². The van der Waals surface area contributed by atoms with E-state index in [1.54, 1.807) is 7.11 Å². The van der Waals surface area contributed by atoms with Crippen molar-refractivity contribution in [2.24, 2.45) is 0 Å². The average Bonchev–Trinajstić information content (AvgIpc) is 3.12. The maximum Gasteiger partial charge on any atom is 0.137 e. The van der Waals surface area contributed by atoms with Crippen molar-refractivity contribution in [1.82, 2.24) is 5.32 Å². The van der Waals surface area contributed by atoms with Crippen LogP contribution in [0.3, 0.4) is 0 Å². The van der Waals surface area contributed by atoms with Gasteiger partial charge in [-0.1, -0.05) is 31.5 Å². The Kier molecular flexibility index (Phi) is 4.18. The molecular weight excluding hydrogens is 246 g/mol. The molecule has 1 aromatic carbocycles. The number of ether oxygens (including phenoxy) is 1. The fourth-order valence-corrected chi connectivity index (χ4v) is 2.37. The van der Waals surface area contributed by atoms with E-state index in [2.05, 4.69) is 25.2 Å². The molecule has 1 fully saturated rings. The highest BCUT2D eigenvalue weighted by Crippen LogP contribution is 2.33. The van der Waals surface area contributed by atoms with Gasteiger partial charge in [-0.2, -0.15) is 0 Å². The molecule has 1 aromatic rings. The van der Waals surface area contributed by atoms with Gasteiger partial charge < -0.3 is 10.1 Å². The number of nitrogens with one attached hydrogen (secondary N) is 1. The van der Waals surface area contributed by atoms with E-state index < -0.39 is 0 Å². The lowest BCUT2D eigenvalue weighted by atomic mass is 9.81. The second-order valence-electron chi connectivity index (χ2n) is 5.71. The van der Waals surface area contributed by atoms with Gasteiger partial charge in [0.2, 0.25) is 0 Å². The molecular formula is C15H22ClNO. The maximum absolute atomic E-state index is 6.19. The number of methoxy groups -OCH3 is 1. The van der Waals surface area contributed by atoms with Crippen molar-refractivity contribution in [1.29, 1.82) is 0 Å². The molecule has 0 amide bonds. The van der Waals surface area contributed by atoms with Crippen molar-refractivity contribution in [3.63, 3.8) is 0 Å². The largest absolute Gasteiger partial charge is 0.495 e. The third kappa shape index (κ3) is 3.39. The van der Waals surface area contributed by atoms with Gasteiger partial charge in [0.15, 0.2) is 0 Å². The molecule has 0 aromatic heterocycles. The molecule has 3 heteroatoms. The Bertz CT molecular complexity index is 413. The smallest absolute Gasteiger partial charge is 0.137 e. The lowest BCUT2D eigenvalue weighted by Gasteiger charge is -2.26. The van der Waals surface area contributed by atoms with Crippen molar-refractivity contribution in [2.45, 2.75) is 44.6 Å². The number of hydrogen-bond acceptors (Lipinski definition) is 2. The molecule has 0 atom stereocenters. The summed E-state index contributed by atoms with van der Waals surface area (Å²) in [5, 5.41) is 4.25. The standard InChI is InChI=1S/C15H22ClNO/c1-15(2,8-9-17-12-5-6-12)11-4-7-14(18-3)13(16)10-11/h4,7,10,12,17H,5-6,8-9H2,1-3H3. The van der Waals surface area contributed by atoms with Gasteiger partial charge in [-0.25, -0.2) is 0 Å². The van der Waals surface area contributed by atoms with E-state index in [4.69, 9.17) is 16.3 Å². The van der Waals surface area contributed by atoms with E-state index in [0.29, 0.717) is 5.02 Å². The summed E-state index contributed by atoms with van der Waals surface area (Å²) in [4.78, 5) is 0. The first kappa shape index (κ1) is 13.7. The van der Waals surface area contributed by atoms with E-state index in [0.717, 1.165) is 24.8 Å². The molecule has 1 N–H and O–H groups in total. The Labute approximate surface area is 115 Å². The van der Waals surface area contributed by atoms with E-state index in [1.165, 1.54) is 18.4 Å². The summed E-state index contributed by atoms with van der Waals surface area (Å²) < 4.78 is 5.19. The second-order valence-corrected chi connectivity index (χ2v) is 6.12. The van der Waals surface area contributed by atoms with Gasteiger partial charge in [0.1, 0.15) is 5.75 Å². The first-order chi connectivity index (χ1) is 8.53. The van der Waals surface area contributed by atoms with Crippen LogP contribution in [-0.4, -0.2) is 19.7 Å². The summed E-state index contributed by atoms with van der Waals surface area (Å²) in [6.45, 7) is 5.60. The molecule has 0 radical (unpaired) electrons. The third-order valence-corrected chi connectivity index (χ3v) is 3.99. The monoisotopic (exact) mass is 267 g/mol. The summed E-state index contributed by atoms with van der Waals surface area (Å²) in [5.74, 6) is 0.743. The topological polar surface area (TPSA) is 21.3 Å². The van der Waals surface area contributed by atoms with Crippen molar-refractivity contribution in [3.05, 3.63) is 28.8 Å². The van der Waals surface area contributed by atoms with Crippen molar-refractivity contribution in [3.8, 4) is 5.75 Å². The fourth-order valence-electron chi connectivity index (χ4n) is 2.11. The fraction of sp³-hybridized carbons (Fsp3) is 0.600. The molecule has 0 heterocycles. The van der Waals surface area contributed by atoms with Crippen LogP contribution in [0.1, 0.15) is 38.7 Å². The van der Waals surface area contributed by atoms with Crippen LogP contribution in [0.2, 0.25) is 5.02 Å². The summed E-state index contributed by atoms with van der Waals surface area (Å²) in [5.41, 5.74) is 1.41. The molecule has 2 rings (SSSR count). The van der Waals surface area contributed by atoms with Gasteiger partial charge >= 0.3 is 0 Å². The van der Waals surface area contributed by atoms with Crippen molar-refractivity contribution >= 4 is 11.6 Å². The zero-order valence-electron chi connectivity index (χ0n) is 11.4. The quantitative estimate of drug-likeness (QED) is 0.847. The third-order valence-electron chi connectivity index (χ3n) is 3.69. The Morgan fingerprint density at radius 3 is 2.67 bits per heavy atom. The summed E-state index contributed by atoms with van der Waals surface area (Å²) in [7, 11) is 1.64. The number of hydrogen-bond donors (Lipinski definition) is 1. The van der Waals surface area contributed by atoms with Crippen LogP contribution in [-0.2, 0) is 5.41 Å². The minimum absolute atomic E-state index is 0.137. The second kappa shape index (κ2) is 5.50. The average molecular weight is 268 g/mol. The van der Waals surface area contributed by atoms with E-state index in [9.17, 15) is 0 Å². The molecule has 1 saturated carbocycles. The summed E-state index contributed by atoms with van der Waals surface area (Å²) in [6.07, 6.45) is 3.80. The first-order valence-corrected chi connectivity index (χ1v) is 6.98. The molecule has 1 aliphatic rings. The first-order valence-electron chi connectivity index (χ1n) is 6.60. The number of halogens is 1. The molecule has 1 aliphatic carbocycles. The zero-order chi connectivity index (χ0) is 13.2. The molecule has 0 unspecified atom stereocenters. The van der Waals surface area contributed by atoms with Crippen LogP contribution in [0.5, 0.6) is 5.75 Å². The zero-order valence-corrected chi connectivity index (χ0v) is 12.2. The molecule has 18 heavy (non-hydrogen) atoms. The molecule has 100 valence electrons. The predicted molar refractivity (Wildman–Crippen MR) is 76.7 cm³/mol. The molecule has 0 saturated heterocycles. The normalized spacial score (nSPS) is 15.8. The predicted octanol–water partition coefficient (Wildman–Crippen LogP) is 3.77. The number of benzene rings is 1. The number of rotatable bonds is 6. The van der Waals surface area contributed by atoms with E-state index in [-0.39, 0.29) is 5.41 Å². The summed E-state index contributed by atoms with van der Waals surface area (Å²) in [6, 6.07) is 6.87. The highest BCUT2D eigenvalue weighted by atomic mass is 35.5. The molecule has 2 nitrogen and oxygen atoms in total. The SMILES string of the molecule is COc1ccc(C(C)(C)CCNC2CC2)cc1Cl. The highest BCUT2D eigenvalue weighted by Gasteiger charge is 2.24. The Morgan fingerprint density at radius 1 is 1.39 bits per heavy atom. The van der Waals surface area contributed by atoms with Gasteiger partial charge in [-0.15, -0.1) is 0 Å². The molecule has 0 bridgehead atoms. The van der Waals surface area contributed by atoms with Crippen molar-refractivity contribution in [2.75, 3.05) is 13.7 Å². The van der Waals surface area contributed by atoms with Gasteiger partial charge in [0.25, 0.3) is 0 Å². The summed E-state index contributed by atoms with van der Waals surface area (Å²) >= 11 is 6.19. The lowest BCUT2D eigenvalue weighted by molar-refractivity contribution is 0.413. The highest BCUT2D eigenvalue weighted by molar-refractivity contribution is 6.32. The van der Waals surface area contributed by atoms with Crippen LogP contribution < -0.4 is 10.1 Å². The molecule has 0 spiro atoms. The van der Waals surface area contributed by atoms with E-state index >= 15 is 0 Å². The van der Waals surface area contributed by atoms with Crippen LogP contribution in [0.4, 0.5) is 0 Å². The van der Waals surface area contributed by atoms with Crippen LogP contribution in [0, 0.1) is 0 Å². The lowest BCUT2D eigenvalue weighted by Crippen LogP contribution is -2.26. The van der Waals surface area contributed by atoms with Gasteiger partial charge in [-0.05, 0) is 48.9 Å². The van der Waals surface area contributed by atoms with E-state index in [1.807, 2.05) is 12.1 Å². The van der Waals surface area contributed by atoms with Gasteiger partial charge in [-0.3, -0.25) is 0 Å². The maximum atomic E-state index is 6.19. The van der Waals surface area contributed by atoms with Gasteiger partial charge in [0, 0.05) is 6.04 Å². The van der Waals surface area contributed by atoms with Crippen LogP contribution >= 0.6 is 11.6 Å².